The molecule has 2 amide bonds. The van der Waals surface area contributed by atoms with Crippen LogP contribution in [-0.2, 0) is 0 Å². The van der Waals surface area contributed by atoms with Gasteiger partial charge in [-0.3, -0.25) is 4.90 Å². The molecule has 110 valence electrons. The van der Waals surface area contributed by atoms with Crippen LogP contribution in [0.1, 0.15) is 45.4 Å². The molecule has 3 N–H and O–H groups in total. The third-order valence-electron chi connectivity index (χ3n) is 4.19. The highest BCUT2D eigenvalue weighted by molar-refractivity contribution is 5.74. The summed E-state index contributed by atoms with van der Waals surface area (Å²) < 4.78 is 0. The normalized spacial score (nSPS) is 27.3. The minimum atomic E-state index is -0.169. The zero-order chi connectivity index (χ0) is 13.7. The van der Waals surface area contributed by atoms with Gasteiger partial charge in [-0.2, -0.15) is 0 Å². The van der Waals surface area contributed by atoms with E-state index in [1.165, 1.54) is 12.8 Å². The van der Waals surface area contributed by atoms with Crippen LogP contribution in [0, 0.1) is 0 Å². The topological polar surface area (TPSA) is 64.6 Å². The summed E-state index contributed by atoms with van der Waals surface area (Å²) in [7, 11) is 0. The van der Waals surface area contributed by atoms with Gasteiger partial charge in [-0.1, -0.05) is 6.92 Å². The number of aliphatic hydroxyl groups excluding tert-OH is 1. The van der Waals surface area contributed by atoms with Crippen molar-refractivity contribution in [1.29, 1.82) is 0 Å². The van der Waals surface area contributed by atoms with Crippen LogP contribution in [0.5, 0.6) is 0 Å². The number of amides is 2. The Morgan fingerprint density at radius 1 is 1.21 bits per heavy atom. The number of nitrogens with one attached hydrogen (secondary N) is 2. The van der Waals surface area contributed by atoms with Gasteiger partial charge in [0.15, 0.2) is 0 Å². The molecule has 2 aliphatic carbocycles. The van der Waals surface area contributed by atoms with E-state index in [0.717, 1.165) is 44.8 Å². The first-order valence-electron chi connectivity index (χ1n) is 7.65. The maximum absolute atomic E-state index is 11.7. The summed E-state index contributed by atoms with van der Waals surface area (Å²) >= 11 is 0. The molecule has 0 aromatic heterocycles. The van der Waals surface area contributed by atoms with Crippen LogP contribution in [-0.4, -0.2) is 53.9 Å². The predicted molar refractivity (Wildman–Crippen MR) is 75.1 cm³/mol. The van der Waals surface area contributed by atoms with Crippen molar-refractivity contribution < 1.29 is 9.90 Å². The Bertz CT molecular complexity index is 286. The van der Waals surface area contributed by atoms with Crippen LogP contribution in [0.25, 0.3) is 0 Å². The smallest absolute Gasteiger partial charge is 0.315 e. The highest BCUT2D eigenvalue weighted by atomic mass is 16.3. The standard InChI is InChI=1S/C14H27N3O2/c1-2-17(12-5-6-12)10-9-15-14(19)16-11-3-7-13(18)8-4-11/h11-13,18H,2-10H2,1H3,(H2,15,16,19). The second-order valence-corrected chi connectivity index (χ2v) is 5.77. The van der Waals surface area contributed by atoms with Crippen molar-refractivity contribution in [3.8, 4) is 0 Å². The summed E-state index contributed by atoms with van der Waals surface area (Å²) in [6, 6.07) is 0.928. The van der Waals surface area contributed by atoms with Gasteiger partial charge in [0.1, 0.15) is 0 Å². The number of nitrogens with zero attached hydrogens (tertiary/aromatic N) is 1. The summed E-state index contributed by atoms with van der Waals surface area (Å²) in [6.07, 6.45) is 5.83. The van der Waals surface area contributed by atoms with E-state index in [0.29, 0.717) is 6.54 Å². The minimum absolute atomic E-state index is 0.0618. The van der Waals surface area contributed by atoms with Gasteiger partial charge >= 0.3 is 6.03 Å². The van der Waals surface area contributed by atoms with Gasteiger partial charge in [-0.25, -0.2) is 4.79 Å². The van der Waals surface area contributed by atoms with Gasteiger partial charge in [0, 0.05) is 25.2 Å². The van der Waals surface area contributed by atoms with Crippen molar-refractivity contribution in [2.75, 3.05) is 19.6 Å². The average molecular weight is 269 g/mol. The highest BCUT2D eigenvalue weighted by Crippen LogP contribution is 2.25. The molecule has 0 unspecified atom stereocenters. The maximum atomic E-state index is 11.7. The largest absolute Gasteiger partial charge is 0.393 e. The van der Waals surface area contributed by atoms with Crippen molar-refractivity contribution in [2.45, 2.75) is 63.6 Å². The molecule has 19 heavy (non-hydrogen) atoms. The molecule has 0 radical (unpaired) electrons. The fraction of sp³-hybridized carbons (Fsp3) is 0.929. The lowest BCUT2D eigenvalue weighted by Crippen LogP contribution is -2.46. The molecule has 5 nitrogen and oxygen atoms in total. The number of urea groups is 1. The monoisotopic (exact) mass is 269 g/mol. The molecule has 2 rings (SSSR count). The van der Waals surface area contributed by atoms with Crippen LogP contribution in [0.3, 0.4) is 0 Å². The van der Waals surface area contributed by atoms with Crippen molar-refractivity contribution >= 4 is 6.03 Å². The molecule has 0 saturated heterocycles. The number of aliphatic hydroxyl groups is 1. The zero-order valence-corrected chi connectivity index (χ0v) is 11.9. The van der Waals surface area contributed by atoms with E-state index in [1.54, 1.807) is 0 Å². The molecule has 0 heterocycles. The van der Waals surface area contributed by atoms with E-state index in [4.69, 9.17) is 0 Å². The van der Waals surface area contributed by atoms with Gasteiger partial charge in [0.05, 0.1) is 6.10 Å². The first kappa shape index (κ1) is 14.6. The van der Waals surface area contributed by atoms with Crippen LogP contribution in [0.2, 0.25) is 0 Å². The zero-order valence-electron chi connectivity index (χ0n) is 11.9. The van der Waals surface area contributed by atoms with Crippen molar-refractivity contribution in [3.05, 3.63) is 0 Å². The summed E-state index contributed by atoms with van der Waals surface area (Å²) in [6.45, 7) is 4.89. The summed E-state index contributed by atoms with van der Waals surface area (Å²) in [5, 5.41) is 15.3. The van der Waals surface area contributed by atoms with Crippen molar-refractivity contribution in [3.63, 3.8) is 0 Å². The van der Waals surface area contributed by atoms with Crippen LogP contribution < -0.4 is 10.6 Å². The number of hydrogen-bond donors (Lipinski definition) is 3. The molecular weight excluding hydrogens is 242 g/mol. The number of carbonyl (C=O) groups excluding carboxylic acids is 1. The van der Waals surface area contributed by atoms with E-state index >= 15 is 0 Å². The Labute approximate surface area is 115 Å². The first-order valence-corrected chi connectivity index (χ1v) is 7.65. The van der Waals surface area contributed by atoms with E-state index in [1.807, 2.05) is 0 Å². The highest BCUT2D eigenvalue weighted by Gasteiger charge is 2.27. The van der Waals surface area contributed by atoms with Crippen LogP contribution >= 0.6 is 0 Å². The lowest BCUT2D eigenvalue weighted by molar-refractivity contribution is 0.117. The second kappa shape index (κ2) is 7.10. The van der Waals surface area contributed by atoms with Gasteiger partial charge < -0.3 is 15.7 Å². The molecule has 2 aliphatic rings. The molecule has 0 spiro atoms. The summed E-state index contributed by atoms with van der Waals surface area (Å²) in [5.74, 6) is 0. The van der Waals surface area contributed by atoms with E-state index < -0.39 is 0 Å². The van der Waals surface area contributed by atoms with Gasteiger partial charge in [-0.05, 0) is 45.1 Å². The lowest BCUT2D eigenvalue weighted by Gasteiger charge is -2.26. The SMILES string of the molecule is CCN(CCNC(=O)NC1CCC(O)CC1)C1CC1. The number of rotatable bonds is 6. The number of likely N-dealkylation sites (N-methyl/N-ethyl adjacent to an activating group) is 1. The summed E-state index contributed by atoms with van der Waals surface area (Å²) in [4.78, 5) is 14.2. The maximum Gasteiger partial charge on any atom is 0.315 e. The third-order valence-corrected chi connectivity index (χ3v) is 4.19. The third kappa shape index (κ3) is 4.99. The molecule has 0 bridgehead atoms. The van der Waals surface area contributed by atoms with Crippen molar-refractivity contribution in [1.82, 2.24) is 15.5 Å². The molecule has 0 aromatic rings. The number of carbonyl (C=O) groups is 1. The second-order valence-electron chi connectivity index (χ2n) is 5.77. The predicted octanol–water partition coefficient (Wildman–Crippen LogP) is 1.07. The fourth-order valence-electron chi connectivity index (χ4n) is 2.81. The van der Waals surface area contributed by atoms with Crippen molar-refractivity contribution in [2.24, 2.45) is 0 Å². The Morgan fingerprint density at radius 2 is 1.89 bits per heavy atom. The Balaban J connectivity index is 1.56. The summed E-state index contributed by atoms with van der Waals surface area (Å²) in [5.41, 5.74) is 0. The van der Waals surface area contributed by atoms with E-state index in [9.17, 15) is 9.90 Å². The Kier molecular flexibility index (Phi) is 5.45. The van der Waals surface area contributed by atoms with Gasteiger partial charge in [0.2, 0.25) is 0 Å². The molecule has 0 atom stereocenters. The Hall–Kier alpha value is -0.810. The van der Waals surface area contributed by atoms with E-state index in [-0.39, 0.29) is 18.2 Å². The number of hydrogen-bond acceptors (Lipinski definition) is 3. The van der Waals surface area contributed by atoms with E-state index in [2.05, 4.69) is 22.5 Å². The molecule has 2 saturated carbocycles. The first-order chi connectivity index (χ1) is 9.19. The average Bonchev–Trinajstić information content (AvgIpc) is 3.22. The minimum Gasteiger partial charge on any atom is -0.393 e. The van der Waals surface area contributed by atoms with Crippen LogP contribution in [0.15, 0.2) is 0 Å². The Morgan fingerprint density at radius 3 is 2.47 bits per heavy atom. The van der Waals surface area contributed by atoms with Gasteiger partial charge in [0.25, 0.3) is 0 Å². The quantitative estimate of drug-likeness (QED) is 0.676. The molecule has 0 aromatic carbocycles. The molecule has 0 aliphatic heterocycles. The van der Waals surface area contributed by atoms with Crippen LogP contribution in [0.4, 0.5) is 4.79 Å². The lowest BCUT2D eigenvalue weighted by atomic mass is 9.93. The molecule has 5 heteroatoms. The molecular formula is C14H27N3O2. The fourth-order valence-corrected chi connectivity index (χ4v) is 2.81. The molecule has 2 fully saturated rings. The van der Waals surface area contributed by atoms with Gasteiger partial charge in [-0.15, -0.1) is 0 Å².